The van der Waals surface area contributed by atoms with E-state index in [0.717, 1.165) is 0 Å². The molecule has 0 radical (unpaired) electrons. The Hall–Kier alpha value is -2.70. The first-order valence-corrected chi connectivity index (χ1v) is 7.52. The molecule has 7 heteroatoms. The molecule has 7 nitrogen and oxygen atoms in total. The number of fused-ring (bicyclic) bond motifs is 1. The number of ether oxygens (including phenoxy) is 1. The van der Waals surface area contributed by atoms with Crippen molar-refractivity contribution in [3.05, 3.63) is 40.1 Å². The number of nitrogens with zero attached hydrogens (tertiary/aromatic N) is 3. The lowest BCUT2D eigenvalue weighted by Crippen LogP contribution is -2.25. The number of carbonyl (C=O) groups is 1. The number of hydrogen-bond donors (Lipinski definition) is 0. The molecule has 1 heterocycles. The first-order valence-electron chi connectivity index (χ1n) is 7.52. The van der Waals surface area contributed by atoms with E-state index in [4.69, 9.17) is 4.74 Å². The van der Waals surface area contributed by atoms with Gasteiger partial charge in [-0.2, -0.15) is 0 Å². The number of anilines is 1. The molecule has 0 atom stereocenters. The average Bonchev–Trinajstić information content (AvgIpc) is 2.55. The zero-order chi connectivity index (χ0) is 17.0. The Kier molecular flexibility index (Phi) is 5.10. The van der Waals surface area contributed by atoms with Crippen LogP contribution in [0.1, 0.15) is 31.1 Å². The van der Waals surface area contributed by atoms with Crippen LogP contribution in [0.25, 0.3) is 10.9 Å². The standard InChI is InChI=1S/C16H19N3O4/c1-4-18(5-2)15-12-9-11(19(21)22)7-8-14(12)17-10-13(15)16(20)23-6-3/h7-10H,4-6H2,1-3H3. The van der Waals surface area contributed by atoms with Gasteiger partial charge in [-0.15, -0.1) is 0 Å². The maximum atomic E-state index is 12.2. The second kappa shape index (κ2) is 7.04. The third kappa shape index (κ3) is 3.23. The lowest BCUT2D eigenvalue weighted by molar-refractivity contribution is -0.384. The summed E-state index contributed by atoms with van der Waals surface area (Å²) in [6.45, 7) is 7.22. The van der Waals surface area contributed by atoms with Crippen LogP contribution in [0.15, 0.2) is 24.4 Å². The van der Waals surface area contributed by atoms with Crippen molar-refractivity contribution in [2.45, 2.75) is 20.8 Å². The smallest absolute Gasteiger partial charge is 0.341 e. The summed E-state index contributed by atoms with van der Waals surface area (Å²) in [5, 5.41) is 11.6. The molecular weight excluding hydrogens is 298 g/mol. The van der Waals surface area contributed by atoms with Gasteiger partial charge in [0, 0.05) is 36.8 Å². The Morgan fingerprint density at radius 1 is 1.30 bits per heavy atom. The van der Waals surface area contributed by atoms with Gasteiger partial charge < -0.3 is 9.64 Å². The minimum absolute atomic E-state index is 0.0336. The van der Waals surface area contributed by atoms with Crippen molar-refractivity contribution in [2.24, 2.45) is 0 Å². The lowest BCUT2D eigenvalue weighted by Gasteiger charge is -2.24. The fourth-order valence-electron chi connectivity index (χ4n) is 2.52. The van der Waals surface area contributed by atoms with E-state index in [2.05, 4.69) is 4.98 Å². The molecule has 2 aromatic rings. The van der Waals surface area contributed by atoms with Crippen molar-refractivity contribution in [1.29, 1.82) is 0 Å². The molecule has 0 aliphatic heterocycles. The zero-order valence-electron chi connectivity index (χ0n) is 13.4. The number of aromatic nitrogens is 1. The molecule has 122 valence electrons. The molecule has 0 spiro atoms. The van der Waals surface area contributed by atoms with Gasteiger partial charge >= 0.3 is 5.97 Å². The molecule has 0 N–H and O–H groups in total. The Bertz CT molecular complexity index is 741. The third-order valence-corrected chi connectivity index (χ3v) is 3.61. The Labute approximate surface area is 134 Å². The van der Waals surface area contributed by atoms with Crippen LogP contribution >= 0.6 is 0 Å². The van der Waals surface area contributed by atoms with Crippen LogP contribution in [0.2, 0.25) is 0 Å². The van der Waals surface area contributed by atoms with Crippen molar-refractivity contribution >= 4 is 28.2 Å². The van der Waals surface area contributed by atoms with E-state index in [-0.39, 0.29) is 12.3 Å². The first kappa shape index (κ1) is 16.7. The van der Waals surface area contributed by atoms with Gasteiger partial charge in [-0.25, -0.2) is 4.79 Å². The highest BCUT2D eigenvalue weighted by molar-refractivity contribution is 6.05. The van der Waals surface area contributed by atoms with Gasteiger partial charge in [0.05, 0.1) is 22.7 Å². The van der Waals surface area contributed by atoms with Crippen LogP contribution < -0.4 is 4.90 Å². The molecule has 0 aliphatic carbocycles. The number of esters is 1. The fraction of sp³-hybridized carbons (Fsp3) is 0.375. The van der Waals surface area contributed by atoms with Crippen molar-refractivity contribution in [3.8, 4) is 0 Å². The summed E-state index contributed by atoms with van der Waals surface area (Å²) in [5.41, 5.74) is 1.52. The molecule has 1 aromatic carbocycles. The topological polar surface area (TPSA) is 85.6 Å². The van der Waals surface area contributed by atoms with E-state index in [1.165, 1.54) is 18.3 Å². The molecule has 0 fully saturated rings. The number of non-ortho nitro benzene ring substituents is 1. The zero-order valence-corrected chi connectivity index (χ0v) is 13.4. The van der Waals surface area contributed by atoms with E-state index in [0.29, 0.717) is 35.2 Å². The van der Waals surface area contributed by atoms with Gasteiger partial charge in [0.25, 0.3) is 5.69 Å². The second-order valence-corrected chi connectivity index (χ2v) is 4.87. The highest BCUT2D eigenvalue weighted by Crippen LogP contribution is 2.32. The maximum Gasteiger partial charge on any atom is 0.341 e. The highest BCUT2D eigenvalue weighted by atomic mass is 16.6. The SMILES string of the molecule is CCOC(=O)c1cnc2ccc([N+](=O)[O-])cc2c1N(CC)CC. The molecule has 0 aliphatic rings. The minimum atomic E-state index is -0.477. The largest absolute Gasteiger partial charge is 0.462 e. The van der Waals surface area contributed by atoms with Crippen molar-refractivity contribution in [3.63, 3.8) is 0 Å². The van der Waals surface area contributed by atoms with E-state index < -0.39 is 10.9 Å². The Balaban J connectivity index is 2.77. The summed E-state index contributed by atoms with van der Waals surface area (Å²) in [6.07, 6.45) is 1.47. The summed E-state index contributed by atoms with van der Waals surface area (Å²) in [7, 11) is 0. The highest BCUT2D eigenvalue weighted by Gasteiger charge is 2.21. The molecule has 0 bridgehead atoms. The van der Waals surface area contributed by atoms with Crippen LogP contribution in [0.5, 0.6) is 0 Å². The summed E-state index contributed by atoms with van der Waals surface area (Å²) in [6, 6.07) is 4.46. The van der Waals surface area contributed by atoms with E-state index in [9.17, 15) is 14.9 Å². The predicted octanol–water partition coefficient (Wildman–Crippen LogP) is 3.17. The Morgan fingerprint density at radius 3 is 2.57 bits per heavy atom. The van der Waals surface area contributed by atoms with Gasteiger partial charge in [0.2, 0.25) is 0 Å². The Morgan fingerprint density at radius 2 is 2.00 bits per heavy atom. The van der Waals surface area contributed by atoms with E-state index in [1.54, 1.807) is 13.0 Å². The normalized spacial score (nSPS) is 10.6. The van der Waals surface area contributed by atoms with Crippen LogP contribution in [-0.4, -0.2) is 35.6 Å². The average molecular weight is 317 g/mol. The number of hydrogen-bond acceptors (Lipinski definition) is 6. The maximum absolute atomic E-state index is 12.2. The van der Waals surface area contributed by atoms with Crippen molar-refractivity contribution in [1.82, 2.24) is 4.98 Å². The van der Waals surface area contributed by atoms with Crippen LogP contribution in [0.4, 0.5) is 11.4 Å². The fourth-order valence-corrected chi connectivity index (χ4v) is 2.52. The summed E-state index contributed by atoms with van der Waals surface area (Å²) in [4.78, 5) is 29.1. The number of nitro benzene ring substituents is 1. The van der Waals surface area contributed by atoms with Crippen LogP contribution in [0, 0.1) is 10.1 Å². The molecule has 0 unspecified atom stereocenters. The molecule has 2 rings (SSSR count). The van der Waals surface area contributed by atoms with Gasteiger partial charge in [0.15, 0.2) is 0 Å². The van der Waals surface area contributed by atoms with Crippen LogP contribution in [-0.2, 0) is 4.74 Å². The summed E-state index contributed by atoms with van der Waals surface area (Å²) < 4.78 is 5.09. The quantitative estimate of drug-likeness (QED) is 0.462. The molecule has 0 saturated heterocycles. The van der Waals surface area contributed by atoms with Gasteiger partial charge in [-0.1, -0.05) is 0 Å². The molecule has 0 saturated carbocycles. The molecule has 23 heavy (non-hydrogen) atoms. The lowest BCUT2D eigenvalue weighted by atomic mass is 10.1. The van der Waals surface area contributed by atoms with Gasteiger partial charge in [-0.3, -0.25) is 15.1 Å². The van der Waals surface area contributed by atoms with E-state index in [1.807, 2.05) is 18.7 Å². The summed E-state index contributed by atoms with van der Waals surface area (Å²) >= 11 is 0. The number of rotatable bonds is 6. The monoisotopic (exact) mass is 317 g/mol. The van der Waals surface area contributed by atoms with Gasteiger partial charge in [-0.05, 0) is 26.8 Å². The molecule has 1 aromatic heterocycles. The first-order chi connectivity index (χ1) is 11.0. The number of carbonyl (C=O) groups excluding carboxylic acids is 1. The number of pyridine rings is 1. The third-order valence-electron chi connectivity index (χ3n) is 3.61. The minimum Gasteiger partial charge on any atom is -0.462 e. The number of nitro groups is 1. The predicted molar refractivity (Wildman–Crippen MR) is 87.9 cm³/mol. The number of benzene rings is 1. The summed E-state index contributed by atoms with van der Waals surface area (Å²) in [5.74, 6) is -0.477. The van der Waals surface area contributed by atoms with Gasteiger partial charge in [0.1, 0.15) is 5.56 Å². The van der Waals surface area contributed by atoms with Crippen molar-refractivity contribution in [2.75, 3.05) is 24.6 Å². The van der Waals surface area contributed by atoms with E-state index >= 15 is 0 Å². The van der Waals surface area contributed by atoms with Crippen LogP contribution in [0.3, 0.4) is 0 Å². The second-order valence-electron chi connectivity index (χ2n) is 4.87. The molecule has 0 amide bonds. The molecular formula is C16H19N3O4. The van der Waals surface area contributed by atoms with Crippen molar-refractivity contribution < 1.29 is 14.5 Å².